The van der Waals surface area contributed by atoms with Crippen molar-refractivity contribution < 1.29 is 19.4 Å². The van der Waals surface area contributed by atoms with Crippen molar-refractivity contribution in [2.45, 2.75) is 44.8 Å². The minimum Gasteiger partial charge on any atom is -0.489 e. The molecule has 32 heavy (non-hydrogen) atoms. The predicted molar refractivity (Wildman–Crippen MR) is 124 cm³/mol. The molecule has 0 amide bonds. The standard InChI is InChI=1S/C26H30N2O4/c1-16-13-17(2)25(21-7-10-27-24(16)21)32-23-8-11-28(20-9-12-31-15-20)14-22(23)18-3-5-19(6-4-18)26(29)30/h3-7,10,13,20,22-23,27H,8-9,11-12,14-15H2,1-2H3,(H,29,30)/t20?,22-,23+/m0/s1. The van der Waals surface area contributed by atoms with Crippen LogP contribution < -0.4 is 4.74 Å². The van der Waals surface area contributed by atoms with Crippen LogP contribution in [0.5, 0.6) is 5.75 Å². The number of hydrogen-bond donors (Lipinski definition) is 2. The fourth-order valence-corrected chi connectivity index (χ4v) is 5.30. The van der Waals surface area contributed by atoms with Crippen LogP contribution in [0.3, 0.4) is 0 Å². The fourth-order valence-electron chi connectivity index (χ4n) is 5.30. The van der Waals surface area contributed by atoms with Crippen LogP contribution in [0, 0.1) is 13.8 Å². The molecule has 2 aliphatic heterocycles. The molecule has 2 aromatic carbocycles. The van der Waals surface area contributed by atoms with E-state index in [1.165, 1.54) is 5.56 Å². The van der Waals surface area contributed by atoms with Gasteiger partial charge in [-0.15, -0.1) is 0 Å². The van der Waals surface area contributed by atoms with E-state index >= 15 is 0 Å². The Kier molecular flexibility index (Phi) is 5.66. The molecule has 0 bridgehead atoms. The zero-order chi connectivity index (χ0) is 22.2. The molecule has 0 spiro atoms. The Morgan fingerprint density at radius 3 is 2.69 bits per heavy atom. The van der Waals surface area contributed by atoms with Crippen molar-refractivity contribution in [3.8, 4) is 5.75 Å². The normalized spacial score (nSPS) is 24.1. The quantitative estimate of drug-likeness (QED) is 0.618. The Labute approximate surface area is 188 Å². The van der Waals surface area contributed by atoms with Crippen molar-refractivity contribution in [1.29, 1.82) is 0 Å². The van der Waals surface area contributed by atoms with Crippen LogP contribution in [-0.2, 0) is 4.74 Å². The summed E-state index contributed by atoms with van der Waals surface area (Å²) < 4.78 is 12.4. The molecule has 0 radical (unpaired) electrons. The Balaban J connectivity index is 1.47. The Morgan fingerprint density at radius 2 is 1.97 bits per heavy atom. The van der Waals surface area contributed by atoms with Gasteiger partial charge in [-0.1, -0.05) is 18.2 Å². The van der Waals surface area contributed by atoms with Crippen LogP contribution >= 0.6 is 0 Å². The first-order valence-corrected chi connectivity index (χ1v) is 11.4. The van der Waals surface area contributed by atoms with Gasteiger partial charge in [0, 0.05) is 43.2 Å². The Bertz CT molecular complexity index is 1110. The van der Waals surface area contributed by atoms with E-state index in [0.717, 1.165) is 66.9 Å². The lowest BCUT2D eigenvalue weighted by atomic mass is 9.86. The average Bonchev–Trinajstić information content (AvgIpc) is 3.49. The molecule has 0 saturated carbocycles. The van der Waals surface area contributed by atoms with E-state index in [9.17, 15) is 9.90 Å². The number of nitrogens with one attached hydrogen (secondary N) is 1. The lowest BCUT2D eigenvalue weighted by molar-refractivity contribution is 0.0506. The topological polar surface area (TPSA) is 74.8 Å². The number of rotatable bonds is 5. The number of aromatic carboxylic acids is 1. The van der Waals surface area contributed by atoms with Gasteiger partial charge >= 0.3 is 5.97 Å². The second-order valence-corrected chi connectivity index (χ2v) is 9.10. The van der Waals surface area contributed by atoms with Gasteiger partial charge in [-0.25, -0.2) is 4.79 Å². The molecule has 168 valence electrons. The molecule has 2 N–H and O–H groups in total. The predicted octanol–water partition coefficient (Wildman–Crippen LogP) is 4.51. The number of likely N-dealkylation sites (tertiary alicyclic amines) is 1. The van der Waals surface area contributed by atoms with Crippen molar-refractivity contribution >= 4 is 16.9 Å². The first-order valence-electron chi connectivity index (χ1n) is 11.4. The van der Waals surface area contributed by atoms with E-state index in [-0.39, 0.29) is 12.0 Å². The number of aromatic amines is 1. The molecule has 3 atom stereocenters. The second kappa shape index (κ2) is 8.60. The number of hydrogen-bond acceptors (Lipinski definition) is 4. The maximum atomic E-state index is 11.3. The highest BCUT2D eigenvalue weighted by Gasteiger charge is 2.36. The van der Waals surface area contributed by atoms with Gasteiger partial charge in [0.2, 0.25) is 0 Å². The van der Waals surface area contributed by atoms with Gasteiger partial charge in [-0.2, -0.15) is 0 Å². The molecule has 6 heteroatoms. The number of ether oxygens (including phenoxy) is 2. The van der Waals surface area contributed by atoms with Crippen molar-refractivity contribution in [2.75, 3.05) is 26.3 Å². The number of carboxylic acids is 1. The van der Waals surface area contributed by atoms with E-state index in [1.54, 1.807) is 12.1 Å². The van der Waals surface area contributed by atoms with Gasteiger partial charge in [0.25, 0.3) is 0 Å². The smallest absolute Gasteiger partial charge is 0.335 e. The summed E-state index contributed by atoms with van der Waals surface area (Å²) in [6.07, 6.45) is 3.97. The van der Waals surface area contributed by atoms with Crippen LogP contribution in [0.25, 0.3) is 10.9 Å². The average molecular weight is 435 g/mol. The Hall–Kier alpha value is -2.83. The summed E-state index contributed by atoms with van der Waals surface area (Å²) in [4.78, 5) is 17.2. The largest absolute Gasteiger partial charge is 0.489 e. The molecule has 3 aromatic rings. The van der Waals surface area contributed by atoms with Gasteiger partial charge in [0.1, 0.15) is 11.9 Å². The first kappa shape index (κ1) is 21.0. The molecule has 0 aliphatic carbocycles. The number of piperidine rings is 1. The lowest BCUT2D eigenvalue weighted by Crippen LogP contribution is -2.48. The summed E-state index contributed by atoms with van der Waals surface area (Å²) in [6.45, 7) is 7.70. The van der Waals surface area contributed by atoms with Crippen molar-refractivity contribution in [3.63, 3.8) is 0 Å². The highest BCUT2D eigenvalue weighted by Crippen LogP contribution is 2.37. The third-order valence-corrected chi connectivity index (χ3v) is 7.04. The highest BCUT2D eigenvalue weighted by molar-refractivity contribution is 5.90. The van der Waals surface area contributed by atoms with Crippen molar-refractivity contribution in [3.05, 3.63) is 64.8 Å². The van der Waals surface area contributed by atoms with Crippen LogP contribution in [-0.4, -0.2) is 59.4 Å². The maximum Gasteiger partial charge on any atom is 0.335 e. The Morgan fingerprint density at radius 1 is 1.16 bits per heavy atom. The number of aryl methyl sites for hydroxylation is 2. The summed E-state index contributed by atoms with van der Waals surface area (Å²) >= 11 is 0. The molecular weight excluding hydrogens is 404 g/mol. The number of aromatic nitrogens is 1. The van der Waals surface area contributed by atoms with Gasteiger partial charge in [-0.05, 0) is 61.6 Å². The van der Waals surface area contributed by atoms with Crippen LogP contribution in [0.2, 0.25) is 0 Å². The van der Waals surface area contributed by atoms with E-state index in [2.05, 4.69) is 35.9 Å². The van der Waals surface area contributed by atoms with E-state index in [4.69, 9.17) is 9.47 Å². The summed E-state index contributed by atoms with van der Waals surface area (Å²) in [5.41, 5.74) is 4.91. The molecular formula is C26H30N2O4. The van der Waals surface area contributed by atoms with Crippen molar-refractivity contribution in [1.82, 2.24) is 9.88 Å². The molecule has 2 fully saturated rings. The molecule has 3 heterocycles. The van der Waals surface area contributed by atoms with E-state index in [0.29, 0.717) is 11.6 Å². The lowest BCUT2D eigenvalue weighted by Gasteiger charge is -2.41. The van der Waals surface area contributed by atoms with E-state index < -0.39 is 5.97 Å². The number of benzene rings is 2. The number of H-pyrrole nitrogens is 1. The summed E-state index contributed by atoms with van der Waals surface area (Å²) in [6, 6.07) is 12.0. The van der Waals surface area contributed by atoms with Gasteiger partial charge in [-0.3, -0.25) is 4.90 Å². The number of carboxylic acid groups (broad SMARTS) is 1. The summed E-state index contributed by atoms with van der Waals surface area (Å²) in [5, 5.41) is 10.4. The molecule has 1 unspecified atom stereocenters. The van der Waals surface area contributed by atoms with Crippen molar-refractivity contribution in [2.24, 2.45) is 0 Å². The van der Waals surface area contributed by atoms with Crippen LogP contribution in [0.4, 0.5) is 0 Å². The molecule has 2 saturated heterocycles. The molecule has 6 nitrogen and oxygen atoms in total. The van der Waals surface area contributed by atoms with Gasteiger partial charge in [0.15, 0.2) is 0 Å². The SMILES string of the molecule is Cc1cc(C)c2[nH]ccc2c1O[C@@H]1CCN(C2CCOC2)C[C@H]1c1ccc(C(=O)O)cc1. The number of carbonyl (C=O) groups is 1. The zero-order valence-corrected chi connectivity index (χ0v) is 18.6. The maximum absolute atomic E-state index is 11.3. The van der Waals surface area contributed by atoms with Crippen LogP contribution in [0.15, 0.2) is 42.6 Å². The highest BCUT2D eigenvalue weighted by atomic mass is 16.5. The summed E-state index contributed by atoms with van der Waals surface area (Å²) in [5.74, 6) is 0.200. The third kappa shape index (κ3) is 3.89. The second-order valence-electron chi connectivity index (χ2n) is 9.10. The molecule has 2 aliphatic rings. The minimum absolute atomic E-state index is 0.0174. The van der Waals surface area contributed by atoms with E-state index in [1.807, 2.05) is 18.3 Å². The minimum atomic E-state index is -0.900. The van der Waals surface area contributed by atoms with Gasteiger partial charge in [0.05, 0.1) is 17.7 Å². The number of nitrogens with zero attached hydrogens (tertiary/aromatic N) is 1. The monoisotopic (exact) mass is 434 g/mol. The van der Waals surface area contributed by atoms with Crippen LogP contribution in [0.1, 0.15) is 45.8 Å². The fraction of sp³-hybridized carbons (Fsp3) is 0.423. The van der Waals surface area contributed by atoms with Gasteiger partial charge < -0.3 is 19.6 Å². The molecule has 5 rings (SSSR count). The number of fused-ring (bicyclic) bond motifs is 1. The summed E-state index contributed by atoms with van der Waals surface area (Å²) in [7, 11) is 0. The third-order valence-electron chi connectivity index (χ3n) is 7.04. The molecule has 1 aromatic heterocycles. The first-order chi connectivity index (χ1) is 15.5. The zero-order valence-electron chi connectivity index (χ0n) is 18.6.